The first kappa shape index (κ1) is 27.5. The molecule has 0 N–H and O–H groups in total. The first-order chi connectivity index (χ1) is 14.9. The van der Waals surface area contributed by atoms with Gasteiger partial charge in [0.25, 0.3) is 0 Å². The molecule has 0 fully saturated rings. The fourth-order valence-corrected chi connectivity index (χ4v) is 4.81. The topological polar surface area (TPSA) is 23.1 Å². The molecule has 1 nitrogen and oxygen atoms in total. The maximum Gasteiger partial charge on any atom is 2.00 e. The van der Waals surface area contributed by atoms with Crippen LogP contribution in [-0.4, -0.2) is 0 Å². The average molecular weight is 536 g/mol. The van der Waals surface area contributed by atoms with Crippen molar-refractivity contribution < 1.29 is 31.3 Å². The molecule has 0 aliphatic heterocycles. The smallest absolute Gasteiger partial charge is 0.872 e. The third-order valence-electron chi connectivity index (χ3n) is 5.64. The van der Waals surface area contributed by atoms with E-state index in [4.69, 9.17) is 11.6 Å². The van der Waals surface area contributed by atoms with Gasteiger partial charge in [-0.15, -0.1) is 40.3 Å². The zero-order chi connectivity index (χ0) is 23.7. The Kier molecular flexibility index (Phi) is 8.88. The largest absolute Gasteiger partial charge is 2.00 e. The van der Waals surface area contributed by atoms with Crippen LogP contribution in [0.5, 0.6) is 5.75 Å². The minimum atomic E-state index is -0.213. The molecule has 0 saturated heterocycles. The van der Waals surface area contributed by atoms with E-state index in [1.54, 1.807) is 6.07 Å². The number of benzene rings is 3. The maximum atomic E-state index is 11.9. The summed E-state index contributed by atoms with van der Waals surface area (Å²) in [6, 6.07) is 25.0. The zero-order valence-electron chi connectivity index (χ0n) is 20.7. The molecule has 0 amide bonds. The van der Waals surface area contributed by atoms with Crippen LogP contribution in [0.3, 0.4) is 0 Å². The molecule has 170 valence electrons. The average Bonchev–Trinajstić information content (AvgIpc) is 3.07. The summed E-state index contributed by atoms with van der Waals surface area (Å²) >= 11 is 6.38. The van der Waals surface area contributed by atoms with E-state index < -0.39 is 0 Å². The monoisotopic (exact) mass is 534 g/mol. The SMILES string of the molecule is CC(C)(C)c1ccc([O-])c(C(C)(C)C)c1Cl.Cc1cc2c(-c3ccccc3)cccc2[cH-]1.[Zr+2]. The van der Waals surface area contributed by atoms with Crippen molar-refractivity contribution in [1.82, 2.24) is 0 Å². The van der Waals surface area contributed by atoms with Crippen molar-refractivity contribution in [3.05, 3.63) is 94.5 Å². The van der Waals surface area contributed by atoms with Crippen LogP contribution in [0.15, 0.2) is 72.8 Å². The van der Waals surface area contributed by atoms with Gasteiger partial charge >= 0.3 is 26.2 Å². The van der Waals surface area contributed by atoms with Crippen LogP contribution >= 0.6 is 11.6 Å². The number of rotatable bonds is 1. The Labute approximate surface area is 223 Å². The number of hydrogen-bond donors (Lipinski definition) is 0. The fourth-order valence-electron chi connectivity index (χ4n) is 4.09. The first-order valence-electron chi connectivity index (χ1n) is 11.1. The van der Waals surface area contributed by atoms with Gasteiger partial charge in [-0.25, -0.2) is 0 Å². The van der Waals surface area contributed by atoms with Crippen molar-refractivity contribution in [3.63, 3.8) is 0 Å². The van der Waals surface area contributed by atoms with Crippen LogP contribution in [0.2, 0.25) is 5.02 Å². The number of aryl methyl sites for hydroxylation is 1. The second kappa shape index (κ2) is 10.7. The Balaban J connectivity index is 0.000000227. The summed E-state index contributed by atoms with van der Waals surface area (Å²) in [6.07, 6.45) is 0. The molecule has 0 aliphatic carbocycles. The molecule has 0 unspecified atom stereocenters. The second-order valence-electron chi connectivity index (χ2n) is 10.5. The van der Waals surface area contributed by atoms with Gasteiger partial charge in [-0.05, 0) is 27.5 Å². The summed E-state index contributed by atoms with van der Waals surface area (Å²) in [5.41, 5.74) is 5.46. The maximum absolute atomic E-state index is 11.9. The van der Waals surface area contributed by atoms with E-state index in [0.29, 0.717) is 5.02 Å². The molecule has 0 heterocycles. The van der Waals surface area contributed by atoms with E-state index in [-0.39, 0.29) is 42.8 Å². The number of fused-ring (bicyclic) bond motifs is 1. The van der Waals surface area contributed by atoms with Crippen LogP contribution in [0.4, 0.5) is 0 Å². The fraction of sp³-hybridized carbons (Fsp3) is 0.300. The molecule has 33 heavy (non-hydrogen) atoms. The van der Waals surface area contributed by atoms with E-state index >= 15 is 0 Å². The predicted molar refractivity (Wildman–Crippen MR) is 138 cm³/mol. The van der Waals surface area contributed by atoms with Gasteiger partial charge in [0.2, 0.25) is 0 Å². The Morgan fingerprint density at radius 3 is 2.00 bits per heavy atom. The summed E-state index contributed by atoms with van der Waals surface area (Å²) in [4.78, 5) is 0. The summed E-state index contributed by atoms with van der Waals surface area (Å²) < 4.78 is 0. The molecule has 3 heteroatoms. The standard InChI is InChI=1S/C16H13.C14H21ClO.Zr/c1-12-10-14-8-5-9-15(16(14)11-12)13-6-3-2-4-7-13;1-13(2,3)9-7-8-10(16)11(12(9)15)14(4,5)6;/h2-11H,1H3;7-8,16H,1-6H3;/q-1;;+2/p-1. The van der Waals surface area contributed by atoms with E-state index in [2.05, 4.69) is 88.4 Å². The van der Waals surface area contributed by atoms with Gasteiger partial charge in [-0.1, -0.05) is 114 Å². The third kappa shape index (κ3) is 6.43. The zero-order valence-corrected chi connectivity index (χ0v) is 23.9. The minimum Gasteiger partial charge on any atom is -0.872 e. The predicted octanol–water partition coefficient (Wildman–Crippen LogP) is 8.54. The third-order valence-corrected chi connectivity index (χ3v) is 6.03. The Bertz CT molecular complexity index is 1210. The molecule has 0 aromatic heterocycles. The van der Waals surface area contributed by atoms with E-state index in [1.165, 1.54) is 27.5 Å². The molecule has 0 aliphatic rings. The van der Waals surface area contributed by atoms with Gasteiger partial charge in [0.05, 0.1) is 0 Å². The number of halogens is 1. The first-order valence-corrected chi connectivity index (χ1v) is 11.5. The van der Waals surface area contributed by atoms with Crippen molar-refractivity contribution in [2.24, 2.45) is 0 Å². The van der Waals surface area contributed by atoms with E-state index in [9.17, 15) is 5.11 Å². The van der Waals surface area contributed by atoms with Gasteiger partial charge in [-0.3, -0.25) is 0 Å². The van der Waals surface area contributed by atoms with Crippen LogP contribution in [-0.2, 0) is 37.0 Å². The van der Waals surface area contributed by atoms with Gasteiger partial charge in [-0.2, -0.15) is 6.07 Å². The Morgan fingerprint density at radius 2 is 1.42 bits per heavy atom. The van der Waals surface area contributed by atoms with Gasteiger partial charge in [0.1, 0.15) is 0 Å². The quantitative estimate of drug-likeness (QED) is 0.224. The molecule has 0 atom stereocenters. The van der Waals surface area contributed by atoms with Crippen LogP contribution in [0.1, 0.15) is 58.2 Å². The van der Waals surface area contributed by atoms with Gasteiger partial charge < -0.3 is 5.11 Å². The molecule has 0 spiro atoms. The molecule has 4 aromatic rings. The van der Waals surface area contributed by atoms with Crippen molar-refractivity contribution in [2.45, 2.75) is 59.3 Å². The van der Waals surface area contributed by atoms with Crippen molar-refractivity contribution in [3.8, 4) is 16.9 Å². The van der Waals surface area contributed by atoms with Crippen molar-refractivity contribution in [2.75, 3.05) is 0 Å². The molecule has 4 rings (SSSR count). The van der Waals surface area contributed by atoms with Crippen molar-refractivity contribution >= 4 is 22.4 Å². The van der Waals surface area contributed by atoms with Crippen molar-refractivity contribution in [1.29, 1.82) is 0 Å². The van der Waals surface area contributed by atoms with E-state index in [0.717, 1.165) is 11.1 Å². The van der Waals surface area contributed by atoms with Crippen LogP contribution < -0.4 is 5.11 Å². The molecular formula is C30H33ClOZr. The summed E-state index contributed by atoms with van der Waals surface area (Å²) in [5, 5.41) is 15.2. The summed E-state index contributed by atoms with van der Waals surface area (Å²) in [7, 11) is 0. The van der Waals surface area contributed by atoms with Crippen LogP contribution in [0, 0.1) is 6.92 Å². The normalized spacial score (nSPS) is 11.5. The second-order valence-corrected chi connectivity index (χ2v) is 10.9. The molecule has 0 radical (unpaired) electrons. The number of hydrogen-bond acceptors (Lipinski definition) is 1. The molecule has 0 saturated carbocycles. The Hall–Kier alpha value is -1.76. The minimum absolute atomic E-state index is 0. The van der Waals surface area contributed by atoms with Gasteiger partial charge in [0.15, 0.2) is 0 Å². The molecule has 0 bridgehead atoms. The van der Waals surface area contributed by atoms with Gasteiger partial charge in [0, 0.05) is 5.02 Å². The van der Waals surface area contributed by atoms with Crippen LogP contribution in [0.25, 0.3) is 21.9 Å². The Morgan fingerprint density at radius 1 is 0.788 bits per heavy atom. The summed E-state index contributed by atoms with van der Waals surface area (Å²) in [5.74, 6) is 0.0329. The summed E-state index contributed by atoms with van der Waals surface area (Å²) in [6.45, 7) is 14.5. The molecular weight excluding hydrogens is 503 g/mol. The molecule has 4 aromatic carbocycles. The van der Waals surface area contributed by atoms with E-state index in [1.807, 2.05) is 26.8 Å².